The zero-order chi connectivity index (χ0) is 14.3. The zero-order valence-electron chi connectivity index (χ0n) is 13.0. The third-order valence-electron chi connectivity index (χ3n) is 3.08. The standard InChI is InChI=1S/C15H28N4/c1-6-7-10-19(5)14-11-13(4)17-15(18-14)16-9-8-12(2)3/h11-12H,6-10H2,1-5H3,(H,16,17,18). The van der Waals surface area contributed by atoms with Gasteiger partial charge in [0, 0.05) is 31.9 Å². The summed E-state index contributed by atoms with van der Waals surface area (Å²) in [6.07, 6.45) is 3.53. The molecule has 1 aromatic rings. The van der Waals surface area contributed by atoms with E-state index in [9.17, 15) is 0 Å². The van der Waals surface area contributed by atoms with Crippen LogP contribution in [0.25, 0.3) is 0 Å². The van der Waals surface area contributed by atoms with Crippen LogP contribution in [0.4, 0.5) is 11.8 Å². The Hall–Kier alpha value is -1.32. The molecule has 0 radical (unpaired) electrons. The third kappa shape index (κ3) is 5.90. The Balaban J connectivity index is 2.65. The minimum absolute atomic E-state index is 0.698. The molecule has 0 aliphatic heterocycles. The van der Waals surface area contributed by atoms with Crippen molar-refractivity contribution in [2.75, 3.05) is 30.4 Å². The fourth-order valence-corrected chi connectivity index (χ4v) is 1.81. The highest BCUT2D eigenvalue weighted by atomic mass is 15.2. The van der Waals surface area contributed by atoms with Gasteiger partial charge in [-0.05, 0) is 25.7 Å². The first-order valence-corrected chi connectivity index (χ1v) is 7.33. The van der Waals surface area contributed by atoms with Gasteiger partial charge >= 0.3 is 0 Å². The van der Waals surface area contributed by atoms with Crippen LogP contribution in [-0.4, -0.2) is 30.1 Å². The molecule has 4 heteroatoms. The summed E-state index contributed by atoms with van der Waals surface area (Å²) in [5.74, 6) is 2.45. The normalized spacial score (nSPS) is 10.8. The Kier molecular flexibility index (Phi) is 6.60. The first-order valence-electron chi connectivity index (χ1n) is 7.33. The molecule has 108 valence electrons. The van der Waals surface area contributed by atoms with Gasteiger partial charge in [0.15, 0.2) is 0 Å². The number of unbranched alkanes of at least 4 members (excludes halogenated alkanes) is 1. The fourth-order valence-electron chi connectivity index (χ4n) is 1.81. The van der Waals surface area contributed by atoms with E-state index in [4.69, 9.17) is 0 Å². The number of nitrogens with one attached hydrogen (secondary N) is 1. The van der Waals surface area contributed by atoms with E-state index in [1.165, 1.54) is 12.8 Å². The maximum atomic E-state index is 4.59. The summed E-state index contributed by atoms with van der Waals surface area (Å²) < 4.78 is 0. The number of aryl methyl sites for hydroxylation is 1. The van der Waals surface area contributed by atoms with E-state index in [-0.39, 0.29) is 0 Å². The van der Waals surface area contributed by atoms with Gasteiger partial charge in [0.2, 0.25) is 5.95 Å². The highest BCUT2D eigenvalue weighted by Gasteiger charge is 2.06. The van der Waals surface area contributed by atoms with Gasteiger partial charge in [-0.25, -0.2) is 4.98 Å². The van der Waals surface area contributed by atoms with Crippen LogP contribution >= 0.6 is 0 Å². The maximum absolute atomic E-state index is 4.59. The molecule has 0 aliphatic rings. The van der Waals surface area contributed by atoms with E-state index in [2.05, 4.69) is 48.0 Å². The largest absolute Gasteiger partial charge is 0.360 e. The zero-order valence-corrected chi connectivity index (χ0v) is 13.0. The summed E-state index contributed by atoms with van der Waals surface area (Å²) in [6.45, 7) is 10.6. The second-order valence-electron chi connectivity index (χ2n) is 5.58. The first-order chi connectivity index (χ1) is 9.02. The lowest BCUT2D eigenvalue weighted by Crippen LogP contribution is -2.20. The average molecular weight is 264 g/mol. The Labute approximate surface area is 117 Å². The van der Waals surface area contributed by atoms with Crippen molar-refractivity contribution in [3.05, 3.63) is 11.8 Å². The Morgan fingerprint density at radius 3 is 2.68 bits per heavy atom. The van der Waals surface area contributed by atoms with Crippen molar-refractivity contribution in [3.8, 4) is 0 Å². The van der Waals surface area contributed by atoms with Crippen LogP contribution in [0.3, 0.4) is 0 Å². The molecule has 0 saturated carbocycles. The average Bonchev–Trinajstić information content (AvgIpc) is 2.34. The van der Waals surface area contributed by atoms with Gasteiger partial charge in [0.05, 0.1) is 0 Å². The van der Waals surface area contributed by atoms with Crippen molar-refractivity contribution in [3.63, 3.8) is 0 Å². The fraction of sp³-hybridized carbons (Fsp3) is 0.733. The molecule has 1 heterocycles. The Bertz CT molecular complexity index is 376. The van der Waals surface area contributed by atoms with Gasteiger partial charge < -0.3 is 10.2 Å². The first kappa shape index (κ1) is 15.7. The second-order valence-corrected chi connectivity index (χ2v) is 5.58. The molecule has 0 saturated heterocycles. The quantitative estimate of drug-likeness (QED) is 0.780. The van der Waals surface area contributed by atoms with Crippen molar-refractivity contribution in [1.29, 1.82) is 0 Å². The van der Waals surface area contributed by atoms with Crippen LogP contribution in [0.1, 0.15) is 45.7 Å². The molecule has 0 aromatic carbocycles. The lowest BCUT2D eigenvalue weighted by molar-refractivity contribution is 0.605. The Morgan fingerprint density at radius 1 is 1.32 bits per heavy atom. The maximum Gasteiger partial charge on any atom is 0.224 e. The summed E-state index contributed by atoms with van der Waals surface area (Å²) in [4.78, 5) is 11.2. The van der Waals surface area contributed by atoms with Gasteiger partial charge in [-0.1, -0.05) is 27.2 Å². The minimum Gasteiger partial charge on any atom is -0.360 e. The van der Waals surface area contributed by atoms with E-state index in [1.54, 1.807) is 0 Å². The van der Waals surface area contributed by atoms with Crippen LogP contribution in [0.15, 0.2) is 6.07 Å². The number of hydrogen-bond acceptors (Lipinski definition) is 4. The highest BCUT2D eigenvalue weighted by molar-refractivity contribution is 5.43. The molecule has 0 spiro atoms. The molecule has 4 nitrogen and oxygen atoms in total. The second kappa shape index (κ2) is 7.97. The van der Waals surface area contributed by atoms with Gasteiger partial charge in [-0.2, -0.15) is 4.98 Å². The number of rotatable bonds is 8. The number of anilines is 2. The van der Waals surface area contributed by atoms with E-state index in [1.807, 2.05) is 13.0 Å². The predicted octanol–water partition coefficient (Wildman–Crippen LogP) is 3.48. The van der Waals surface area contributed by atoms with Crippen molar-refractivity contribution in [1.82, 2.24) is 9.97 Å². The van der Waals surface area contributed by atoms with Gasteiger partial charge in [0.1, 0.15) is 5.82 Å². The van der Waals surface area contributed by atoms with Crippen molar-refractivity contribution >= 4 is 11.8 Å². The predicted molar refractivity (Wildman–Crippen MR) is 82.9 cm³/mol. The highest BCUT2D eigenvalue weighted by Crippen LogP contribution is 2.14. The lowest BCUT2D eigenvalue weighted by atomic mass is 10.1. The molecule has 0 aliphatic carbocycles. The molecular weight excluding hydrogens is 236 g/mol. The van der Waals surface area contributed by atoms with E-state index < -0.39 is 0 Å². The molecule has 0 bridgehead atoms. The lowest BCUT2D eigenvalue weighted by Gasteiger charge is -2.19. The third-order valence-corrected chi connectivity index (χ3v) is 3.08. The molecule has 1 aromatic heterocycles. The van der Waals surface area contributed by atoms with Crippen LogP contribution in [-0.2, 0) is 0 Å². The smallest absolute Gasteiger partial charge is 0.224 e. The number of hydrogen-bond donors (Lipinski definition) is 1. The van der Waals surface area contributed by atoms with Crippen LogP contribution in [0.5, 0.6) is 0 Å². The summed E-state index contributed by atoms with van der Waals surface area (Å²) >= 11 is 0. The van der Waals surface area contributed by atoms with E-state index in [0.29, 0.717) is 5.92 Å². The van der Waals surface area contributed by atoms with Crippen molar-refractivity contribution < 1.29 is 0 Å². The summed E-state index contributed by atoms with van der Waals surface area (Å²) in [6, 6.07) is 2.04. The van der Waals surface area contributed by atoms with E-state index in [0.717, 1.165) is 37.0 Å². The molecule has 0 fully saturated rings. The summed E-state index contributed by atoms with van der Waals surface area (Å²) in [5, 5.41) is 3.32. The molecule has 0 amide bonds. The van der Waals surface area contributed by atoms with Crippen LogP contribution in [0.2, 0.25) is 0 Å². The molecular formula is C15H28N4. The monoisotopic (exact) mass is 264 g/mol. The van der Waals surface area contributed by atoms with Gasteiger partial charge in [-0.15, -0.1) is 0 Å². The summed E-state index contributed by atoms with van der Waals surface area (Å²) in [7, 11) is 2.09. The molecule has 1 N–H and O–H groups in total. The molecule has 1 rings (SSSR count). The SMILES string of the molecule is CCCCN(C)c1cc(C)nc(NCCC(C)C)n1. The van der Waals surface area contributed by atoms with Gasteiger partial charge in [0.25, 0.3) is 0 Å². The Morgan fingerprint density at radius 2 is 2.05 bits per heavy atom. The summed E-state index contributed by atoms with van der Waals surface area (Å²) in [5.41, 5.74) is 1.01. The van der Waals surface area contributed by atoms with Gasteiger partial charge in [-0.3, -0.25) is 0 Å². The number of aromatic nitrogens is 2. The molecule has 19 heavy (non-hydrogen) atoms. The van der Waals surface area contributed by atoms with Crippen LogP contribution in [0, 0.1) is 12.8 Å². The minimum atomic E-state index is 0.698. The van der Waals surface area contributed by atoms with Crippen molar-refractivity contribution in [2.45, 2.75) is 47.0 Å². The molecule has 0 unspecified atom stereocenters. The van der Waals surface area contributed by atoms with Crippen molar-refractivity contribution in [2.24, 2.45) is 5.92 Å². The topological polar surface area (TPSA) is 41.1 Å². The number of nitrogens with zero attached hydrogens (tertiary/aromatic N) is 3. The molecule has 0 atom stereocenters. The van der Waals surface area contributed by atoms with E-state index >= 15 is 0 Å². The van der Waals surface area contributed by atoms with Crippen LogP contribution < -0.4 is 10.2 Å².